The van der Waals surface area contributed by atoms with Gasteiger partial charge in [-0.25, -0.2) is 15.0 Å². The van der Waals surface area contributed by atoms with Gasteiger partial charge in [0.1, 0.15) is 5.82 Å². The summed E-state index contributed by atoms with van der Waals surface area (Å²) >= 11 is 0. The number of carbonyl (C=O) groups is 1. The van der Waals surface area contributed by atoms with Crippen LogP contribution in [0.2, 0.25) is 0 Å². The van der Waals surface area contributed by atoms with Crippen molar-refractivity contribution in [2.75, 3.05) is 63.2 Å². The molecule has 8 heteroatoms. The summed E-state index contributed by atoms with van der Waals surface area (Å²) in [4.78, 5) is 32.6. The molecule has 1 aromatic carbocycles. The SMILES string of the molecule is CN(C)CCNC(=O)c1cnc(N2CCN(c3ncccn3)CC2)c2ccccc12. The summed E-state index contributed by atoms with van der Waals surface area (Å²) in [6, 6.07) is 9.83. The molecule has 156 valence electrons. The molecule has 0 bridgehead atoms. The number of aromatic nitrogens is 3. The summed E-state index contributed by atoms with van der Waals surface area (Å²) in [6.07, 6.45) is 5.24. The molecule has 4 rings (SSSR count). The van der Waals surface area contributed by atoms with E-state index in [2.05, 4.69) is 25.1 Å². The molecule has 0 saturated carbocycles. The van der Waals surface area contributed by atoms with Crippen molar-refractivity contribution in [1.82, 2.24) is 25.2 Å². The number of nitrogens with zero attached hydrogens (tertiary/aromatic N) is 6. The van der Waals surface area contributed by atoms with Crippen LogP contribution in [0.5, 0.6) is 0 Å². The molecule has 8 nitrogen and oxygen atoms in total. The van der Waals surface area contributed by atoms with E-state index in [9.17, 15) is 4.79 Å². The predicted molar refractivity (Wildman–Crippen MR) is 119 cm³/mol. The van der Waals surface area contributed by atoms with Gasteiger partial charge in [-0.15, -0.1) is 0 Å². The molecule has 1 amide bonds. The van der Waals surface area contributed by atoms with Gasteiger partial charge in [-0.1, -0.05) is 24.3 Å². The first kappa shape index (κ1) is 20.0. The fourth-order valence-electron chi connectivity index (χ4n) is 3.67. The van der Waals surface area contributed by atoms with E-state index in [1.165, 1.54) is 0 Å². The fourth-order valence-corrected chi connectivity index (χ4v) is 3.67. The molecule has 0 atom stereocenters. The zero-order valence-corrected chi connectivity index (χ0v) is 17.5. The Kier molecular flexibility index (Phi) is 6.04. The molecule has 1 aliphatic heterocycles. The average molecular weight is 406 g/mol. The zero-order valence-electron chi connectivity index (χ0n) is 17.5. The molecule has 1 aliphatic rings. The van der Waals surface area contributed by atoms with Gasteiger partial charge >= 0.3 is 0 Å². The summed E-state index contributed by atoms with van der Waals surface area (Å²) in [5, 5.41) is 4.92. The minimum atomic E-state index is -0.0851. The van der Waals surface area contributed by atoms with Crippen LogP contribution < -0.4 is 15.1 Å². The largest absolute Gasteiger partial charge is 0.353 e. The molecule has 0 spiro atoms. The molecule has 2 aromatic heterocycles. The van der Waals surface area contributed by atoms with Crippen molar-refractivity contribution in [3.63, 3.8) is 0 Å². The fraction of sp³-hybridized carbons (Fsp3) is 0.364. The molecule has 0 unspecified atom stereocenters. The van der Waals surface area contributed by atoms with Crippen LogP contribution in [-0.4, -0.2) is 79.1 Å². The first-order valence-corrected chi connectivity index (χ1v) is 10.2. The molecule has 1 N–H and O–H groups in total. The van der Waals surface area contributed by atoms with Gasteiger partial charge in [0.15, 0.2) is 0 Å². The number of hydrogen-bond acceptors (Lipinski definition) is 7. The lowest BCUT2D eigenvalue weighted by Crippen LogP contribution is -2.47. The number of piperazine rings is 1. The summed E-state index contributed by atoms with van der Waals surface area (Å²) in [6.45, 7) is 4.70. The Balaban J connectivity index is 1.53. The van der Waals surface area contributed by atoms with E-state index in [0.717, 1.165) is 55.3 Å². The summed E-state index contributed by atoms with van der Waals surface area (Å²) in [5.41, 5.74) is 0.615. The van der Waals surface area contributed by atoms with Crippen LogP contribution in [0.1, 0.15) is 10.4 Å². The van der Waals surface area contributed by atoms with Gasteiger partial charge in [-0.3, -0.25) is 4.79 Å². The van der Waals surface area contributed by atoms with Crippen LogP contribution in [-0.2, 0) is 0 Å². The van der Waals surface area contributed by atoms with E-state index in [-0.39, 0.29) is 5.91 Å². The quantitative estimate of drug-likeness (QED) is 0.668. The topological polar surface area (TPSA) is 77.5 Å². The number of likely N-dealkylation sites (N-methyl/N-ethyl adjacent to an activating group) is 1. The van der Waals surface area contributed by atoms with E-state index in [1.807, 2.05) is 49.3 Å². The average Bonchev–Trinajstić information content (AvgIpc) is 2.79. The highest BCUT2D eigenvalue weighted by molar-refractivity contribution is 6.09. The summed E-state index contributed by atoms with van der Waals surface area (Å²) in [7, 11) is 3.98. The van der Waals surface area contributed by atoms with Gasteiger partial charge in [-0.05, 0) is 25.5 Å². The van der Waals surface area contributed by atoms with Crippen LogP contribution in [0.25, 0.3) is 10.8 Å². The molecular weight excluding hydrogens is 378 g/mol. The monoisotopic (exact) mass is 405 g/mol. The second kappa shape index (κ2) is 9.04. The van der Waals surface area contributed by atoms with Gasteiger partial charge in [0.2, 0.25) is 5.95 Å². The van der Waals surface area contributed by atoms with E-state index < -0.39 is 0 Å². The number of nitrogens with one attached hydrogen (secondary N) is 1. The third-order valence-corrected chi connectivity index (χ3v) is 5.28. The van der Waals surface area contributed by atoms with Crippen LogP contribution in [0.15, 0.2) is 48.9 Å². The van der Waals surface area contributed by atoms with Crippen LogP contribution in [0.3, 0.4) is 0 Å². The number of fused-ring (bicyclic) bond motifs is 1. The number of carbonyl (C=O) groups excluding carboxylic acids is 1. The Morgan fingerprint density at radius 2 is 1.63 bits per heavy atom. The van der Waals surface area contributed by atoms with Gasteiger partial charge in [0.25, 0.3) is 5.91 Å². The predicted octanol–water partition coefficient (Wildman–Crippen LogP) is 1.64. The minimum absolute atomic E-state index is 0.0851. The van der Waals surface area contributed by atoms with Gasteiger partial charge in [0, 0.05) is 63.2 Å². The maximum atomic E-state index is 12.7. The number of benzene rings is 1. The molecule has 1 saturated heterocycles. The number of rotatable bonds is 6. The molecule has 0 aliphatic carbocycles. The minimum Gasteiger partial charge on any atom is -0.353 e. The smallest absolute Gasteiger partial charge is 0.253 e. The summed E-state index contributed by atoms with van der Waals surface area (Å²) in [5.74, 6) is 1.60. The van der Waals surface area contributed by atoms with Gasteiger partial charge < -0.3 is 20.0 Å². The van der Waals surface area contributed by atoms with E-state index in [4.69, 9.17) is 4.98 Å². The van der Waals surface area contributed by atoms with Gasteiger partial charge in [0.05, 0.1) is 5.56 Å². The Morgan fingerprint density at radius 1 is 0.967 bits per heavy atom. The summed E-state index contributed by atoms with van der Waals surface area (Å²) < 4.78 is 0. The Morgan fingerprint density at radius 3 is 2.33 bits per heavy atom. The Bertz CT molecular complexity index is 1000. The maximum Gasteiger partial charge on any atom is 0.253 e. The highest BCUT2D eigenvalue weighted by Crippen LogP contribution is 2.28. The molecule has 1 fully saturated rings. The molecule has 3 heterocycles. The maximum absolute atomic E-state index is 12.7. The highest BCUT2D eigenvalue weighted by atomic mass is 16.1. The molecular formula is C22H27N7O. The van der Waals surface area contributed by atoms with Crippen molar-refractivity contribution in [3.05, 3.63) is 54.5 Å². The lowest BCUT2D eigenvalue weighted by atomic mass is 10.1. The highest BCUT2D eigenvalue weighted by Gasteiger charge is 2.22. The lowest BCUT2D eigenvalue weighted by molar-refractivity contribution is 0.0952. The number of hydrogen-bond donors (Lipinski definition) is 1. The Hall–Kier alpha value is -3.26. The van der Waals surface area contributed by atoms with E-state index >= 15 is 0 Å². The second-order valence-electron chi connectivity index (χ2n) is 7.62. The van der Waals surface area contributed by atoms with Crippen molar-refractivity contribution in [1.29, 1.82) is 0 Å². The number of anilines is 2. The Labute approximate surface area is 176 Å². The van der Waals surface area contributed by atoms with Gasteiger partial charge in [-0.2, -0.15) is 0 Å². The van der Waals surface area contributed by atoms with Crippen molar-refractivity contribution in [2.45, 2.75) is 0 Å². The number of amides is 1. The van der Waals surface area contributed by atoms with Crippen molar-refractivity contribution >= 4 is 28.4 Å². The first-order chi connectivity index (χ1) is 14.6. The second-order valence-corrected chi connectivity index (χ2v) is 7.62. The van der Waals surface area contributed by atoms with E-state index in [0.29, 0.717) is 12.1 Å². The molecule has 3 aromatic rings. The molecule has 0 radical (unpaired) electrons. The zero-order chi connectivity index (χ0) is 20.9. The first-order valence-electron chi connectivity index (χ1n) is 10.2. The van der Waals surface area contributed by atoms with E-state index in [1.54, 1.807) is 18.6 Å². The van der Waals surface area contributed by atoms with Crippen LogP contribution in [0.4, 0.5) is 11.8 Å². The standard InChI is InChI=1S/C22H27N7O/c1-27(2)11-10-23-21(30)19-16-26-20(18-7-4-3-6-17(18)19)28-12-14-29(15-13-28)22-24-8-5-9-25-22/h3-9,16H,10-15H2,1-2H3,(H,23,30). The van der Waals surface area contributed by atoms with Crippen molar-refractivity contribution < 1.29 is 4.79 Å². The van der Waals surface area contributed by atoms with Crippen LogP contribution >= 0.6 is 0 Å². The molecule has 30 heavy (non-hydrogen) atoms. The third kappa shape index (κ3) is 4.33. The van der Waals surface area contributed by atoms with Crippen LogP contribution in [0, 0.1) is 0 Å². The number of pyridine rings is 1. The third-order valence-electron chi connectivity index (χ3n) is 5.28. The van der Waals surface area contributed by atoms with Crippen molar-refractivity contribution in [2.24, 2.45) is 0 Å². The lowest BCUT2D eigenvalue weighted by Gasteiger charge is -2.35. The van der Waals surface area contributed by atoms with Crippen molar-refractivity contribution in [3.8, 4) is 0 Å². The normalized spacial score (nSPS) is 14.4.